The van der Waals surface area contributed by atoms with E-state index in [1.54, 1.807) is 0 Å². The first-order chi connectivity index (χ1) is 9.34. The fourth-order valence-electron chi connectivity index (χ4n) is 1.97. The maximum Gasteiger partial charge on any atom is 0.349 e. The molecule has 1 aliphatic rings. The molecule has 0 amide bonds. The van der Waals surface area contributed by atoms with Crippen molar-refractivity contribution in [1.82, 2.24) is 0 Å². The zero-order valence-electron chi connectivity index (χ0n) is 10.2. The van der Waals surface area contributed by atoms with Gasteiger partial charge in [-0.15, -0.1) is 0 Å². The van der Waals surface area contributed by atoms with Crippen molar-refractivity contribution < 1.29 is 14.3 Å². The van der Waals surface area contributed by atoms with Crippen molar-refractivity contribution in [2.24, 2.45) is 0 Å². The average Bonchev–Trinajstić information content (AvgIpc) is 2.49. The van der Waals surface area contributed by atoms with Crippen LogP contribution in [0.5, 0.6) is 0 Å². The van der Waals surface area contributed by atoms with E-state index in [0.29, 0.717) is 11.5 Å². The van der Waals surface area contributed by atoms with Gasteiger partial charge in [0, 0.05) is 11.1 Å². The van der Waals surface area contributed by atoms with Gasteiger partial charge in [0.15, 0.2) is 18.1 Å². The number of carbonyl (C=O) groups excluding carboxylic acids is 1. The molecule has 19 heavy (non-hydrogen) atoms. The molecule has 3 nitrogen and oxygen atoms in total. The fraction of sp³-hybridized carbons (Fsp3) is 0.0625. The Hall–Kier alpha value is -2.55. The maximum atomic E-state index is 11.4. The van der Waals surface area contributed by atoms with Gasteiger partial charge in [0.05, 0.1) is 0 Å². The summed E-state index contributed by atoms with van der Waals surface area (Å²) in [6.45, 7) is -0.0550. The van der Waals surface area contributed by atoms with E-state index in [2.05, 4.69) is 0 Å². The summed E-state index contributed by atoms with van der Waals surface area (Å²) in [7, 11) is 0. The number of benzene rings is 2. The number of rotatable bonds is 2. The highest BCUT2D eigenvalue weighted by Crippen LogP contribution is 2.31. The Morgan fingerprint density at radius 1 is 0.737 bits per heavy atom. The van der Waals surface area contributed by atoms with Crippen molar-refractivity contribution in [2.45, 2.75) is 0 Å². The van der Waals surface area contributed by atoms with Gasteiger partial charge >= 0.3 is 5.97 Å². The van der Waals surface area contributed by atoms with E-state index in [0.717, 1.165) is 11.1 Å². The monoisotopic (exact) mass is 252 g/mol. The van der Waals surface area contributed by atoms with E-state index in [9.17, 15) is 4.79 Å². The van der Waals surface area contributed by atoms with Crippen molar-refractivity contribution in [2.75, 3.05) is 6.61 Å². The molecule has 2 aromatic carbocycles. The van der Waals surface area contributed by atoms with Gasteiger partial charge in [0.25, 0.3) is 0 Å². The van der Waals surface area contributed by atoms with Gasteiger partial charge in [-0.3, -0.25) is 0 Å². The standard InChI is InChI=1S/C16H12O3/c17-14-11-18-15(12-7-3-1-4-8-12)16(19-14)13-9-5-2-6-10-13/h1-10H,11H2. The van der Waals surface area contributed by atoms with E-state index < -0.39 is 0 Å². The van der Waals surface area contributed by atoms with Gasteiger partial charge < -0.3 is 9.47 Å². The molecule has 0 aromatic heterocycles. The average molecular weight is 252 g/mol. The normalized spacial score (nSPS) is 14.8. The molecule has 94 valence electrons. The van der Waals surface area contributed by atoms with Gasteiger partial charge in [0.1, 0.15) is 0 Å². The number of carbonyl (C=O) groups is 1. The van der Waals surface area contributed by atoms with Crippen LogP contribution in [0.4, 0.5) is 0 Å². The Kier molecular flexibility index (Phi) is 3.02. The molecule has 0 saturated heterocycles. The van der Waals surface area contributed by atoms with Gasteiger partial charge in [-0.1, -0.05) is 60.7 Å². The van der Waals surface area contributed by atoms with Crippen LogP contribution in [0.3, 0.4) is 0 Å². The number of cyclic esters (lactones) is 1. The zero-order chi connectivity index (χ0) is 13.1. The summed E-state index contributed by atoms with van der Waals surface area (Å²) in [6, 6.07) is 19.1. The molecular formula is C16H12O3. The highest BCUT2D eigenvalue weighted by molar-refractivity contribution is 5.92. The Labute approximate surface area is 111 Å². The molecule has 0 spiro atoms. The van der Waals surface area contributed by atoms with E-state index in [1.807, 2.05) is 60.7 Å². The Morgan fingerprint density at radius 3 is 1.84 bits per heavy atom. The summed E-state index contributed by atoms with van der Waals surface area (Å²) < 4.78 is 10.9. The summed E-state index contributed by atoms with van der Waals surface area (Å²) in [4.78, 5) is 11.4. The van der Waals surface area contributed by atoms with Gasteiger partial charge in [-0.25, -0.2) is 4.79 Å². The van der Waals surface area contributed by atoms with E-state index in [1.165, 1.54) is 0 Å². The van der Waals surface area contributed by atoms with Crippen LogP contribution in [-0.2, 0) is 14.3 Å². The van der Waals surface area contributed by atoms with Crippen molar-refractivity contribution in [3.05, 3.63) is 71.8 Å². The van der Waals surface area contributed by atoms with Gasteiger partial charge in [0.2, 0.25) is 0 Å². The van der Waals surface area contributed by atoms with Crippen LogP contribution in [0.2, 0.25) is 0 Å². The minimum Gasteiger partial charge on any atom is -0.477 e. The Bertz CT molecular complexity index is 615. The van der Waals surface area contributed by atoms with Crippen LogP contribution in [0.15, 0.2) is 60.7 Å². The molecule has 1 heterocycles. The minimum atomic E-state index is -0.376. The number of hydrogen-bond donors (Lipinski definition) is 0. The third-order valence-corrected chi connectivity index (χ3v) is 2.83. The topological polar surface area (TPSA) is 35.5 Å². The molecule has 1 aliphatic heterocycles. The first kappa shape index (κ1) is 11.5. The number of ether oxygens (including phenoxy) is 2. The molecule has 0 aliphatic carbocycles. The molecule has 0 unspecified atom stereocenters. The second-order valence-electron chi connectivity index (χ2n) is 4.15. The Balaban J connectivity index is 2.13. The summed E-state index contributed by atoms with van der Waals surface area (Å²) in [5.41, 5.74) is 1.73. The third-order valence-electron chi connectivity index (χ3n) is 2.83. The molecule has 3 heteroatoms. The lowest BCUT2D eigenvalue weighted by Gasteiger charge is -2.21. The first-order valence-electron chi connectivity index (χ1n) is 6.03. The lowest BCUT2D eigenvalue weighted by atomic mass is 10.1. The van der Waals surface area contributed by atoms with Crippen LogP contribution in [-0.4, -0.2) is 12.6 Å². The summed E-state index contributed by atoms with van der Waals surface area (Å²) in [6.07, 6.45) is 0. The maximum absolute atomic E-state index is 11.4. The minimum absolute atomic E-state index is 0.0550. The summed E-state index contributed by atoms with van der Waals surface area (Å²) in [5.74, 6) is 0.702. The largest absolute Gasteiger partial charge is 0.477 e. The Morgan fingerprint density at radius 2 is 1.26 bits per heavy atom. The van der Waals surface area contributed by atoms with Crippen molar-refractivity contribution in [3.63, 3.8) is 0 Å². The van der Waals surface area contributed by atoms with Crippen molar-refractivity contribution in [1.29, 1.82) is 0 Å². The fourth-order valence-corrected chi connectivity index (χ4v) is 1.97. The molecule has 0 bridgehead atoms. The van der Waals surface area contributed by atoms with Crippen LogP contribution < -0.4 is 0 Å². The van der Waals surface area contributed by atoms with Gasteiger partial charge in [-0.2, -0.15) is 0 Å². The zero-order valence-corrected chi connectivity index (χ0v) is 10.2. The summed E-state index contributed by atoms with van der Waals surface area (Å²) >= 11 is 0. The molecule has 3 rings (SSSR count). The second-order valence-corrected chi connectivity index (χ2v) is 4.15. The highest BCUT2D eigenvalue weighted by atomic mass is 16.6. The molecular weight excluding hydrogens is 240 g/mol. The molecule has 0 N–H and O–H groups in total. The lowest BCUT2D eigenvalue weighted by Crippen LogP contribution is -2.18. The third kappa shape index (κ3) is 2.36. The van der Waals surface area contributed by atoms with Crippen LogP contribution in [0, 0.1) is 0 Å². The van der Waals surface area contributed by atoms with Crippen LogP contribution in [0.1, 0.15) is 11.1 Å². The highest BCUT2D eigenvalue weighted by Gasteiger charge is 2.23. The van der Waals surface area contributed by atoms with E-state index in [-0.39, 0.29) is 12.6 Å². The molecule has 0 fully saturated rings. The van der Waals surface area contributed by atoms with E-state index in [4.69, 9.17) is 9.47 Å². The predicted octanol–water partition coefficient (Wildman–Crippen LogP) is 3.09. The molecule has 0 saturated carbocycles. The van der Waals surface area contributed by atoms with E-state index >= 15 is 0 Å². The number of esters is 1. The van der Waals surface area contributed by atoms with Crippen molar-refractivity contribution >= 4 is 17.5 Å². The predicted molar refractivity (Wildman–Crippen MR) is 71.7 cm³/mol. The SMILES string of the molecule is O=C1COC(c2ccccc2)=C(c2ccccc2)O1. The first-order valence-corrected chi connectivity index (χ1v) is 6.03. The molecule has 2 aromatic rings. The van der Waals surface area contributed by atoms with Crippen LogP contribution in [0.25, 0.3) is 11.5 Å². The smallest absolute Gasteiger partial charge is 0.349 e. The number of hydrogen-bond acceptors (Lipinski definition) is 3. The second kappa shape index (κ2) is 4.98. The van der Waals surface area contributed by atoms with Gasteiger partial charge in [-0.05, 0) is 0 Å². The van der Waals surface area contributed by atoms with Crippen LogP contribution >= 0.6 is 0 Å². The van der Waals surface area contributed by atoms with Crippen molar-refractivity contribution in [3.8, 4) is 0 Å². The lowest BCUT2D eigenvalue weighted by molar-refractivity contribution is -0.141. The molecule has 0 radical (unpaired) electrons. The molecule has 0 atom stereocenters. The quantitative estimate of drug-likeness (QED) is 0.770. The summed E-state index contributed by atoms with van der Waals surface area (Å²) in [5, 5.41) is 0.